The third-order valence-electron chi connectivity index (χ3n) is 3.45. The van der Waals surface area contributed by atoms with Gasteiger partial charge in [-0.25, -0.2) is 8.78 Å². The van der Waals surface area contributed by atoms with Crippen LogP contribution in [0.15, 0.2) is 47.0 Å². The summed E-state index contributed by atoms with van der Waals surface area (Å²) in [6.45, 7) is -0.563. The molecule has 3 aromatic rings. The number of aromatic nitrogens is 1. The van der Waals surface area contributed by atoms with Gasteiger partial charge in [-0.1, -0.05) is 17.3 Å². The average molecular weight is 332 g/mol. The standard InChI is InChI=1S/C16H10F2N2O4/c17-10-4-5-14(18)12(7-10)15-13(8-21)16(24-19-15)9-2-1-3-11(6-9)20(22)23/h1-7,21H,8H2. The van der Waals surface area contributed by atoms with E-state index in [9.17, 15) is 24.0 Å². The molecule has 1 N–H and O–H groups in total. The number of aliphatic hydroxyl groups excluding tert-OH is 1. The van der Waals surface area contributed by atoms with Gasteiger partial charge in [0.2, 0.25) is 0 Å². The smallest absolute Gasteiger partial charge is 0.270 e. The Morgan fingerprint density at radius 3 is 2.71 bits per heavy atom. The lowest BCUT2D eigenvalue weighted by atomic mass is 10.0. The molecular formula is C16H10F2N2O4. The maximum atomic E-state index is 13.9. The van der Waals surface area contributed by atoms with Crippen LogP contribution in [0.5, 0.6) is 0 Å². The Bertz CT molecular complexity index is 924. The third kappa shape index (κ3) is 2.74. The monoisotopic (exact) mass is 332 g/mol. The molecule has 2 aromatic carbocycles. The number of nitrogens with zero attached hydrogens (tertiary/aromatic N) is 2. The fourth-order valence-electron chi connectivity index (χ4n) is 2.33. The highest BCUT2D eigenvalue weighted by atomic mass is 19.1. The second-order valence-corrected chi connectivity index (χ2v) is 4.93. The van der Waals surface area contributed by atoms with Crippen molar-refractivity contribution >= 4 is 5.69 Å². The quantitative estimate of drug-likeness (QED) is 0.581. The Labute approximate surface area is 134 Å². The number of aliphatic hydroxyl groups is 1. The zero-order valence-corrected chi connectivity index (χ0v) is 12.1. The number of benzene rings is 2. The van der Waals surface area contributed by atoms with Crippen molar-refractivity contribution < 1.29 is 23.3 Å². The summed E-state index contributed by atoms with van der Waals surface area (Å²) in [5, 5.41) is 24.2. The lowest BCUT2D eigenvalue weighted by Gasteiger charge is -2.03. The maximum absolute atomic E-state index is 13.9. The molecule has 0 spiro atoms. The molecule has 0 saturated carbocycles. The van der Waals surface area contributed by atoms with Crippen LogP contribution < -0.4 is 0 Å². The van der Waals surface area contributed by atoms with Crippen LogP contribution in [-0.2, 0) is 6.61 Å². The van der Waals surface area contributed by atoms with E-state index in [1.54, 1.807) is 0 Å². The van der Waals surface area contributed by atoms with Gasteiger partial charge in [0, 0.05) is 23.3 Å². The summed E-state index contributed by atoms with van der Waals surface area (Å²) >= 11 is 0. The lowest BCUT2D eigenvalue weighted by molar-refractivity contribution is -0.384. The van der Waals surface area contributed by atoms with Gasteiger partial charge in [-0.2, -0.15) is 0 Å². The predicted octanol–water partition coefficient (Wildman–Crippen LogP) is 3.69. The average Bonchev–Trinajstić information content (AvgIpc) is 3.00. The van der Waals surface area contributed by atoms with Gasteiger partial charge in [0.1, 0.15) is 17.3 Å². The van der Waals surface area contributed by atoms with E-state index in [-0.39, 0.29) is 28.3 Å². The molecule has 0 saturated heterocycles. The van der Waals surface area contributed by atoms with Gasteiger partial charge in [-0.3, -0.25) is 10.1 Å². The van der Waals surface area contributed by atoms with Crippen molar-refractivity contribution in [3.63, 3.8) is 0 Å². The van der Waals surface area contributed by atoms with Gasteiger partial charge in [0.05, 0.1) is 17.1 Å². The summed E-state index contributed by atoms with van der Waals surface area (Å²) < 4.78 is 32.4. The molecule has 24 heavy (non-hydrogen) atoms. The van der Waals surface area contributed by atoms with Gasteiger partial charge >= 0.3 is 0 Å². The minimum atomic E-state index is -0.731. The molecule has 0 amide bonds. The Morgan fingerprint density at radius 1 is 1.21 bits per heavy atom. The summed E-state index contributed by atoms with van der Waals surface area (Å²) in [7, 11) is 0. The van der Waals surface area contributed by atoms with Crippen LogP contribution >= 0.6 is 0 Å². The van der Waals surface area contributed by atoms with Crippen molar-refractivity contribution in [2.45, 2.75) is 6.61 Å². The van der Waals surface area contributed by atoms with Gasteiger partial charge in [-0.15, -0.1) is 0 Å². The van der Waals surface area contributed by atoms with Crippen LogP contribution in [0.1, 0.15) is 5.56 Å². The van der Waals surface area contributed by atoms with Crippen molar-refractivity contribution in [1.29, 1.82) is 0 Å². The minimum absolute atomic E-state index is 0.0554. The zero-order chi connectivity index (χ0) is 17.3. The molecule has 6 nitrogen and oxygen atoms in total. The molecule has 8 heteroatoms. The van der Waals surface area contributed by atoms with E-state index in [4.69, 9.17) is 4.52 Å². The second kappa shape index (κ2) is 6.17. The molecule has 0 bridgehead atoms. The van der Waals surface area contributed by atoms with E-state index < -0.39 is 23.2 Å². The number of halogens is 2. The van der Waals surface area contributed by atoms with Crippen LogP contribution in [0.25, 0.3) is 22.6 Å². The Morgan fingerprint density at radius 2 is 2.00 bits per heavy atom. The van der Waals surface area contributed by atoms with E-state index in [2.05, 4.69) is 5.16 Å². The molecule has 0 aliphatic rings. The number of nitro benzene ring substituents is 1. The summed E-state index contributed by atoms with van der Waals surface area (Å²) in [6, 6.07) is 8.34. The van der Waals surface area contributed by atoms with Crippen molar-refractivity contribution in [2.75, 3.05) is 0 Å². The highest BCUT2D eigenvalue weighted by molar-refractivity contribution is 5.73. The highest BCUT2D eigenvalue weighted by Gasteiger charge is 2.22. The molecule has 0 aliphatic carbocycles. The van der Waals surface area contributed by atoms with Crippen LogP contribution in [0.2, 0.25) is 0 Å². The number of rotatable bonds is 4. The van der Waals surface area contributed by atoms with Gasteiger partial charge in [0.15, 0.2) is 5.76 Å². The van der Waals surface area contributed by atoms with Crippen LogP contribution in [0.3, 0.4) is 0 Å². The van der Waals surface area contributed by atoms with E-state index in [0.717, 1.165) is 18.2 Å². The second-order valence-electron chi connectivity index (χ2n) is 4.93. The third-order valence-corrected chi connectivity index (χ3v) is 3.45. The molecule has 0 radical (unpaired) electrons. The van der Waals surface area contributed by atoms with Crippen LogP contribution in [-0.4, -0.2) is 15.2 Å². The summed E-state index contributed by atoms with van der Waals surface area (Å²) in [5.41, 5.74) is 0.00516. The van der Waals surface area contributed by atoms with Crippen molar-refractivity contribution in [3.8, 4) is 22.6 Å². The van der Waals surface area contributed by atoms with Crippen LogP contribution in [0, 0.1) is 21.7 Å². The fourth-order valence-corrected chi connectivity index (χ4v) is 2.33. The molecule has 3 rings (SSSR count). The molecule has 122 valence electrons. The van der Waals surface area contributed by atoms with Crippen molar-refractivity contribution in [1.82, 2.24) is 5.16 Å². The zero-order valence-electron chi connectivity index (χ0n) is 12.1. The normalized spacial score (nSPS) is 10.8. The van der Waals surface area contributed by atoms with Gasteiger partial charge in [-0.05, 0) is 18.2 Å². The van der Waals surface area contributed by atoms with E-state index in [1.165, 1.54) is 24.3 Å². The topological polar surface area (TPSA) is 89.4 Å². The number of hydrogen-bond donors (Lipinski definition) is 1. The summed E-state index contributed by atoms with van der Waals surface area (Å²) in [6.07, 6.45) is 0. The number of nitro groups is 1. The van der Waals surface area contributed by atoms with Crippen LogP contribution in [0.4, 0.5) is 14.5 Å². The van der Waals surface area contributed by atoms with Crippen molar-refractivity contribution in [2.24, 2.45) is 0 Å². The Kier molecular flexibility index (Phi) is 4.05. The number of non-ortho nitro benzene ring substituents is 1. The van der Waals surface area contributed by atoms with E-state index >= 15 is 0 Å². The molecule has 0 atom stereocenters. The first-order valence-electron chi connectivity index (χ1n) is 6.81. The Balaban J connectivity index is 2.16. The Hall–Kier alpha value is -3.13. The first kappa shape index (κ1) is 15.8. The molecule has 1 heterocycles. The van der Waals surface area contributed by atoms with E-state index in [0.29, 0.717) is 5.56 Å². The first-order chi connectivity index (χ1) is 11.5. The first-order valence-corrected chi connectivity index (χ1v) is 6.81. The number of hydrogen-bond acceptors (Lipinski definition) is 5. The summed E-state index contributed by atoms with van der Waals surface area (Å²) in [5.74, 6) is -1.35. The molecule has 0 unspecified atom stereocenters. The van der Waals surface area contributed by atoms with Gasteiger partial charge in [0.25, 0.3) is 5.69 Å². The molecule has 0 aliphatic heterocycles. The maximum Gasteiger partial charge on any atom is 0.270 e. The molecular weight excluding hydrogens is 322 g/mol. The van der Waals surface area contributed by atoms with E-state index in [1.807, 2.05) is 0 Å². The largest absolute Gasteiger partial charge is 0.391 e. The van der Waals surface area contributed by atoms with Crippen molar-refractivity contribution in [3.05, 3.63) is 69.8 Å². The van der Waals surface area contributed by atoms with Gasteiger partial charge < -0.3 is 9.63 Å². The molecule has 0 fully saturated rings. The SMILES string of the molecule is O=[N+]([O-])c1cccc(-c2onc(-c3cc(F)ccc3F)c2CO)c1. The lowest BCUT2D eigenvalue weighted by Crippen LogP contribution is -1.93. The fraction of sp³-hybridized carbons (Fsp3) is 0.0625. The predicted molar refractivity (Wildman–Crippen MR) is 79.9 cm³/mol. The highest BCUT2D eigenvalue weighted by Crippen LogP contribution is 2.34. The molecule has 1 aromatic heterocycles. The minimum Gasteiger partial charge on any atom is -0.391 e. The summed E-state index contributed by atoms with van der Waals surface area (Å²) in [4.78, 5) is 10.3.